The topological polar surface area (TPSA) is 94.6 Å². The van der Waals surface area contributed by atoms with Crippen LogP contribution in [0.25, 0.3) is 0 Å². The van der Waals surface area contributed by atoms with Crippen LogP contribution in [0.15, 0.2) is 44.2 Å². The normalized spacial score (nSPS) is 21.3. The summed E-state index contributed by atoms with van der Waals surface area (Å²) in [5, 5.41) is 22.0. The molecule has 0 amide bonds. The van der Waals surface area contributed by atoms with Crippen LogP contribution in [0.1, 0.15) is 25.5 Å². The van der Waals surface area contributed by atoms with Gasteiger partial charge in [0.15, 0.2) is 0 Å². The molecule has 0 aliphatic carbocycles. The molecular formula is C16H14Br2N2O5. The fraction of sp³-hybridized carbons (Fsp3) is 0.312. The number of aromatic nitrogens is 1. The summed E-state index contributed by atoms with van der Waals surface area (Å²) in [6.07, 6.45) is 0.450. The minimum Gasteiger partial charge on any atom is -0.485 e. The molecule has 1 aliphatic heterocycles. The Morgan fingerprint density at radius 2 is 2.00 bits per heavy atom. The highest BCUT2D eigenvalue weighted by Gasteiger charge is 2.44. The summed E-state index contributed by atoms with van der Waals surface area (Å²) >= 11 is 6.53. The summed E-state index contributed by atoms with van der Waals surface area (Å²) in [7, 11) is 0. The maximum Gasteiger partial charge on any atom is 0.270 e. The molecule has 0 radical (unpaired) electrons. The van der Waals surface area contributed by atoms with E-state index in [2.05, 4.69) is 31.9 Å². The van der Waals surface area contributed by atoms with Crippen molar-refractivity contribution in [1.29, 1.82) is 0 Å². The van der Waals surface area contributed by atoms with E-state index in [1.807, 2.05) is 0 Å². The molecule has 25 heavy (non-hydrogen) atoms. The first kappa shape index (κ1) is 18.1. The van der Waals surface area contributed by atoms with E-state index in [-0.39, 0.29) is 11.2 Å². The molecule has 2 heterocycles. The Labute approximate surface area is 159 Å². The van der Waals surface area contributed by atoms with E-state index in [1.54, 1.807) is 26.1 Å². The molecule has 2 atom stereocenters. The Hall–Kier alpha value is -1.71. The molecule has 1 aliphatic rings. The average Bonchev–Trinajstić information content (AvgIpc) is 2.52. The Balaban J connectivity index is 2.30. The van der Waals surface area contributed by atoms with Crippen molar-refractivity contribution in [3.05, 3.63) is 65.4 Å². The van der Waals surface area contributed by atoms with Crippen molar-refractivity contribution in [3.8, 4) is 5.75 Å². The van der Waals surface area contributed by atoms with Crippen LogP contribution in [0.2, 0.25) is 0 Å². The summed E-state index contributed by atoms with van der Waals surface area (Å²) in [5.74, 6) is 0.397. The zero-order valence-corrected chi connectivity index (χ0v) is 16.4. The first-order valence-electron chi connectivity index (χ1n) is 7.34. The molecule has 2 aromatic rings. The van der Waals surface area contributed by atoms with Gasteiger partial charge in [-0.25, -0.2) is 0 Å². The predicted molar refractivity (Wildman–Crippen MR) is 98.1 cm³/mol. The number of nitro benzene ring substituents is 1. The number of aliphatic hydroxyl groups excluding tert-OH is 1. The van der Waals surface area contributed by atoms with Gasteiger partial charge < -0.3 is 14.4 Å². The average molecular weight is 474 g/mol. The van der Waals surface area contributed by atoms with Gasteiger partial charge >= 0.3 is 0 Å². The molecule has 1 aromatic heterocycles. The molecule has 0 saturated heterocycles. The number of benzene rings is 1. The number of hydrogen-bond acceptors (Lipinski definition) is 5. The zero-order chi connectivity index (χ0) is 18.5. The van der Waals surface area contributed by atoms with Gasteiger partial charge in [0.05, 0.1) is 15.4 Å². The standard InChI is InChI=1S/C16H14Br2N2O5/c1-16(2)14(21)13(19-7-8(17)5-11(18)15(19)22)10-6-9(20(23)24)3-4-12(10)25-16/h3-7,13-14,21H,1-2H3. The quantitative estimate of drug-likeness (QED) is 0.532. The minimum atomic E-state index is -1.10. The van der Waals surface area contributed by atoms with E-state index in [1.165, 1.54) is 22.8 Å². The summed E-state index contributed by atoms with van der Waals surface area (Å²) in [5.41, 5.74) is -1.10. The lowest BCUT2D eigenvalue weighted by Crippen LogP contribution is -2.52. The van der Waals surface area contributed by atoms with Gasteiger partial charge in [0, 0.05) is 28.4 Å². The molecule has 0 saturated carbocycles. The van der Waals surface area contributed by atoms with E-state index in [0.29, 0.717) is 20.3 Å². The summed E-state index contributed by atoms with van der Waals surface area (Å²) < 4.78 is 8.10. The van der Waals surface area contributed by atoms with Crippen molar-refractivity contribution in [2.75, 3.05) is 0 Å². The number of rotatable bonds is 2. The van der Waals surface area contributed by atoms with Crippen LogP contribution in [0.4, 0.5) is 5.69 Å². The third-order valence-electron chi connectivity index (χ3n) is 4.17. The highest BCUT2D eigenvalue weighted by molar-refractivity contribution is 9.11. The van der Waals surface area contributed by atoms with Crippen molar-refractivity contribution in [2.24, 2.45) is 0 Å². The molecule has 2 unspecified atom stereocenters. The molecular weight excluding hydrogens is 460 g/mol. The number of halogens is 2. The van der Waals surface area contributed by atoms with Gasteiger partial charge in [-0.1, -0.05) is 0 Å². The maximum atomic E-state index is 12.6. The number of non-ortho nitro benzene ring substituents is 1. The lowest BCUT2D eigenvalue weighted by molar-refractivity contribution is -0.385. The molecule has 0 spiro atoms. The highest BCUT2D eigenvalue weighted by atomic mass is 79.9. The van der Waals surface area contributed by atoms with E-state index in [4.69, 9.17) is 4.74 Å². The summed E-state index contributed by atoms with van der Waals surface area (Å²) in [6.45, 7) is 3.40. The number of pyridine rings is 1. The van der Waals surface area contributed by atoms with Gasteiger partial charge in [-0.3, -0.25) is 14.9 Å². The van der Waals surface area contributed by atoms with Crippen molar-refractivity contribution in [3.63, 3.8) is 0 Å². The van der Waals surface area contributed by atoms with Crippen molar-refractivity contribution >= 4 is 37.5 Å². The van der Waals surface area contributed by atoms with Gasteiger partial charge in [0.25, 0.3) is 11.2 Å². The fourth-order valence-corrected chi connectivity index (χ4v) is 4.12. The SMILES string of the molecule is CC1(C)Oc2ccc([N+](=O)[O-])cc2C(n2cc(Br)cc(Br)c2=O)C1O. The monoisotopic (exact) mass is 472 g/mol. The van der Waals surface area contributed by atoms with Gasteiger partial charge in [-0.2, -0.15) is 0 Å². The molecule has 0 bridgehead atoms. The Bertz CT molecular complexity index is 925. The molecule has 132 valence electrons. The molecule has 0 fully saturated rings. The number of nitrogens with zero attached hydrogens (tertiary/aromatic N) is 2. The summed E-state index contributed by atoms with van der Waals surface area (Å²) in [6, 6.07) is 4.93. The lowest BCUT2D eigenvalue weighted by atomic mass is 9.86. The van der Waals surface area contributed by atoms with Gasteiger partial charge in [-0.05, 0) is 57.8 Å². The third-order valence-corrected chi connectivity index (χ3v) is 5.17. The van der Waals surface area contributed by atoms with E-state index < -0.39 is 22.7 Å². The molecule has 3 rings (SSSR count). The molecule has 1 aromatic carbocycles. The maximum absolute atomic E-state index is 12.6. The molecule has 7 nitrogen and oxygen atoms in total. The van der Waals surface area contributed by atoms with Crippen molar-refractivity contribution < 1.29 is 14.8 Å². The number of fused-ring (bicyclic) bond motifs is 1. The Kier molecular flexibility index (Phi) is 4.50. The van der Waals surface area contributed by atoms with Crippen LogP contribution in [-0.4, -0.2) is 26.3 Å². The van der Waals surface area contributed by atoms with Crippen LogP contribution in [0.5, 0.6) is 5.75 Å². The van der Waals surface area contributed by atoms with E-state index in [0.717, 1.165) is 0 Å². The Morgan fingerprint density at radius 1 is 1.32 bits per heavy atom. The summed E-state index contributed by atoms with van der Waals surface area (Å²) in [4.78, 5) is 23.2. The van der Waals surface area contributed by atoms with Crippen LogP contribution >= 0.6 is 31.9 Å². The van der Waals surface area contributed by atoms with Crippen molar-refractivity contribution in [2.45, 2.75) is 31.6 Å². The first-order chi connectivity index (χ1) is 11.6. The number of ether oxygens (including phenoxy) is 1. The lowest BCUT2D eigenvalue weighted by Gasteiger charge is -2.42. The first-order valence-corrected chi connectivity index (χ1v) is 8.93. The fourth-order valence-electron chi connectivity index (χ4n) is 2.91. The zero-order valence-electron chi connectivity index (χ0n) is 13.3. The van der Waals surface area contributed by atoms with E-state index in [9.17, 15) is 20.0 Å². The predicted octanol–water partition coefficient (Wildman–Crippen LogP) is 3.40. The van der Waals surface area contributed by atoms with Crippen molar-refractivity contribution in [1.82, 2.24) is 4.57 Å². The second-order valence-corrected chi connectivity index (χ2v) is 8.06. The van der Waals surface area contributed by atoms with Crippen LogP contribution in [0, 0.1) is 10.1 Å². The largest absolute Gasteiger partial charge is 0.485 e. The van der Waals surface area contributed by atoms with Crippen LogP contribution in [-0.2, 0) is 0 Å². The van der Waals surface area contributed by atoms with Gasteiger partial charge in [0.1, 0.15) is 17.5 Å². The number of nitro groups is 1. The highest BCUT2D eigenvalue weighted by Crippen LogP contribution is 2.43. The van der Waals surface area contributed by atoms with Gasteiger partial charge in [-0.15, -0.1) is 0 Å². The second kappa shape index (κ2) is 6.22. The molecule has 9 heteroatoms. The minimum absolute atomic E-state index is 0.138. The second-order valence-electron chi connectivity index (χ2n) is 6.29. The smallest absolute Gasteiger partial charge is 0.270 e. The molecule has 1 N–H and O–H groups in total. The van der Waals surface area contributed by atoms with Gasteiger partial charge in [0.2, 0.25) is 0 Å². The number of hydrogen-bond donors (Lipinski definition) is 1. The van der Waals surface area contributed by atoms with E-state index >= 15 is 0 Å². The number of aliphatic hydroxyl groups is 1. The van der Waals surface area contributed by atoms with Crippen LogP contribution in [0.3, 0.4) is 0 Å². The third kappa shape index (κ3) is 3.11. The Morgan fingerprint density at radius 3 is 2.64 bits per heavy atom. The van der Waals surface area contributed by atoms with Crippen LogP contribution < -0.4 is 10.3 Å².